The van der Waals surface area contributed by atoms with Gasteiger partial charge in [-0.3, -0.25) is 9.69 Å². The van der Waals surface area contributed by atoms with Crippen LogP contribution in [0.25, 0.3) is 0 Å². The Morgan fingerprint density at radius 3 is 1.96 bits per heavy atom. The first-order valence-corrected chi connectivity index (χ1v) is 7.54. The van der Waals surface area contributed by atoms with Crippen molar-refractivity contribution in [2.45, 2.75) is 32.7 Å². The number of benzene rings is 1. The lowest BCUT2D eigenvalue weighted by atomic mass is 9.92. The lowest BCUT2D eigenvalue weighted by Gasteiger charge is -2.31. The summed E-state index contributed by atoms with van der Waals surface area (Å²) in [4.78, 5) is 25.7. The van der Waals surface area contributed by atoms with E-state index in [1.165, 1.54) is 0 Å². The fourth-order valence-electron chi connectivity index (χ4n) is 2.38. The summed E-state index contributed by atoms with van der Waals surface area (Å²) < 4.78 is 76.5. The monoisotopic (exact) mass is 382 g/mol. The van der Waals surface area contributed by atoms with Crippen LogP contribution in [0.1, 0.15) is 25.0 Å². The van der Waals surface area contributed by atoms with Crippen molar-refractivity contribution in [3.63, 3.8) is 0 Å². The molecule has 3 amide bonds. The van der Waals surface area contributed by atoms with Crippen LogP contribution in [-0.4, -0.2) is 41.0 Å². The van der Waals surface area contributed by atoms with E-state index in [1.54, 1.807) is 0 Å². The van der Waals surface area contributed by atoms with Crippen LogP contribution >= 0.6 is 0 Å². The van der Waals surface area contributed by atoms with E-state index in [-0.39, 0.29) is 6.54 Å². The molecule has 4 nitrogen and oxygen atoms in total. The summed E-state index contributed by atoms with van der Waals surface area (Å²) in [6.07, 6.45) is -9.10. The summed E-state index contributed by atoms with van der Waals surface area (Å²) in [6, 6.07) is 3.09. The van der Waals surface area contributed by atoms with Gasteiger partial charge in [0.1, 0.15) is 6.54 Å². The van der Waals surface area contributed by atoms with E-state index in [2.05, 4.69) is 0 Å². The van der Waals surface area contributed by atoms with Crippen LogP contribution in [-0.2, 0) is 17.5 Å². The first-order chi connectivity index (χ1) is 11.7. The van der Waals surface area contributed by atoms with Crippen LogP contribution < -0.4 is 0 Å². The van der Waals surface area contributed by atoms with E-state index in [0.717, 1.165) is 43.0 Å². The molecule has 10 heteroatoms. The van der Waals surface area contributed by atoms with Crippen molar-refractivity contribution in [3.8, 4) is 0 Å². The number of urea groups is 1. The Labute approximate surface area is 145 Å². The van der Waals surface area contributed by atoms with E-state index in [9.17, 15) is 35.9 Å². The summed E-state index contributed by atoms with van der Waals surface area (Å²) in [5.41, 5.74) is -2.81. The maximum atomic E-state index is 13.0. The van der Waals surface area contributed by atoms with Gasteiger partial charge in [-0.05, 0) is 31.5 Å². The van der Waals surface area contributed by atoms with Crippen molar-refractivity contribution < 1.29 is 35.9 Å². The fraction of sp³-hybridized carbons (Fsp3) is 0.500. The van der Waals surface area contributed by atoms with Crippen LogP contribution in [0.5, 0.6) is 0 Å². The second kappa shape index (κ2) is 6.48. The van der Waals surface area contributed by atoms with E-state index < -0.39 is 48.4 Å². The molecule has 1 heterocycles. The maximum Gasteiger partial charge on any atom is 0.416 e. The molecule has 0 bridgehead atoms. The highest BCUT2D eigenvalue weighted by Gasteiger charge is 2.51. The summed E-state index contributed by atoms with van der Waals surface area (Å²) in [5, 5.41) is 0. The maximum absolute atomic E-state index is 13.0. The third kappa shape index (κ3) is 4.10. The van der Waals surface area contributed by atoms with Gasteiger partial charge in [-0.15, -0.1) is 0 Å². The highest BCUT2D eigenvalue weighted by molar-refractivity contribution is 6.02. The number of carbonyl (C=O) groups is 2. The molecule has 0 spiro atoms. The van der Waals surface area contributed by atoms with Crippen LogP contribution in [0.4, 0.5) is 31.1 Å². The molecule has 26 heavy (non-hydrogen) atoms. The molecule has 2 rings (SSSR count). The van der Waals surface area contributed by atoms with Gasteiger partial charge in [-0.25, -0.2) is 4.79 Å². The fourth-order valence-corrected chi connectivity index (χ4v) is 2.38. The summed E-state index contributed by atoms with van der Waals surface area (Å²) >= 11 is 0. The van der Waals surface area contributed by atoms with Crippen molar-refractivity contribution in [1.29, 1.82) is 0 Å². The highest BCUT2D eigenvalue weighted by atomic mass is 19.4. The van der Waals surface area contributed by atoms with Crippen LogP contribution in [0, 0.1) is 5.41 Å². The van der Waals surface area contributed by atoms with Crippen LogP contribution in [0.2, 0.25) is 0 Å². The number of hydrogen-bond acceptors (Lipinski definition) is 2. The molecule has 144 valence electrons. The second-order valence-electron chi connectivity index (χ2n) is 6.69. The van der Waals surface area contributed by atoms with Gasteiger partial charge in [0.25, 0.3) is 0 Å². The number of nitrogens with zero attached hydrogens (tertiary/aromatic N) is 2. The zero-order valence-electron chi connectivity index (χ0n) is 13.9. The molecule has 1 aromatic rings. The minimum Gasteiger partial charge on any atom is -0.311 e. The molecule has 0 atom stereocenters. The Hall–Kier alpha value is -2.26. The van der Waals surface area contributed by atoms with E-state index >= 15 is 0 Å². The molecule has 0 aliphatic carbocycles. The van der Waals surface area contributed by atoms with Gasteiger partial charge in [0.15, 0.2) is 0 Å². The number of halogens is 6. The van der Waals surface area contributed by atoms with Crippen molar-refractivity contribution in [2.24, 2.45) is 5.41 Å². The number of rotatable bonds is 4. The Balaban J connectivity index is 2.09. The molecule has 1 saturated heterocycles. The van der Waals surface area contributed by atoms with Crippen molar-refractivity contribution in [3.05, 3.63) is 35.4 Å². The molecule has 1 aromatic carbocycles. The van der Waals surface area contributed by atoms with Gasteiger partial charge in [0.05, 0.1) is 11.0 Å². The number of alkyl halides is 6. The first kappa shape index (κ1) is 20.1. The molecule has 0 aromatic heterocycles. The third-order valence-corrected chi connectivity index (χ3v) is 4.10. The normalized spacial score (nSPS) is 16.6. The summed E-state index contributed by atoms with van der Waals surface area (Å²) in [5.74, 6) is -0.778. The summed E-state index contributed by atoms with van der Waals surface area (Å²) in [7, 11) is 0. The SMILES string of the molecule is CC(C)(CN1C(=O)CN(Cc2ccc(C(F)(F)F)cc2)C1=O)C(F)(F)F. The quantitative estimate of drug-likeness (QED) is 0.582. The van der Waals surface area contributed by atoms with E-state index in [1.807, 2.05) is 0 Å². The van der Waals surface area contributed by atoms with Gasteiger partial charge in [-0.2, -0.15) is 26.3 Å². The number of carbonyl (C=O) groups excluding carboxylic acids is 2. The molecular formula is C16H16F6N2O2. The Kier molecular flexibility index (Phi) is 5.00. The highest BCUT2D eigenvalue weighted by Crippen LogP contribution is 2.39. The van der Waals surface area contributed by atoms with Crippen molar-refractivity contribution in [1.82, 2.24) is 9.80 Å². The molecule has 0 radical (unpaired) electrons. The zero-order valence-corrected chi connectivity index (χ0v) is 13.9. The standard InChI is InChI=1S/C16H16F6N2O2/c1-14(2,16(20,21)22)9-24-12(25)8-23(13(24)26)7-10-3-5-11(6-4-10)15(17,18)19/h3-6H,7-9H2,1-2H3. The van der Waals surface area contributed by atoms with Gasteiger partial charge in [0, 0.05) is 13.1 Å². The average molecular weight is 382 g/mol. The van der Waals surface area contributed by atoms with E-state index in [0.29, 0.717) is 10.5 Å². The lowest BCUT2D eigenvalue weighted by molar-refractivity contribution is -0.214. The topological polar surface area (TPSA) is 40.6 Å². The van der Waals surface area contributed by atoms with Crippen molar-refractivity contribution in [2.75, 3.05) is 13.1 Å². The molecule has 1 aliphatic rings. The predicted molar refractivity (Wildman–Crippen MR) is 78.8 cm³/mol. The molecular weight excluding hydrogens is 366 g/mol. The minimum absolute atomic E-state index is 0.175. The van der Waals surface area contributed by atoms with Crippen LogP contribution in [0.3, 0.4) is 0 Å². The smallest absolute Gasteiger partial charge is 0.311 e. The van der Waals surface area contributed by atoms with Gasteiger partial charge < -0.3 is 4.90 Å². The van der Waals surface area contributed by atoms with Gasteiger partial charge in [0.2, 0.25) is 5.91 Å². The van der Waals surface area contributed by atoms with Crippen molar-refractivity contribution >= 4 is 11.9 Å². The second-order valence-corrected chi connectivity index (χ2v) is 6.69. The number of imide groups is 1. The molecule has 1 aliphatic heterocycles. The third-order valence-electron chi connectivity index (χ3n) is 4.10. The van der Waals surface area contributed by atoms with E-state index in [4.69, 9.17) is 0 Å². The Morgan fingerprint density at radius 1 is 0.962 bits per heavy atom. The Morgan fingerprint density at radius 2 is 1.50 bits per heavy atom. The zero-order chi connectivity index (χ0) is 19.9. The molecule has 1 fully saturated rings. The molecule has 0 unspecified atom stereocenters. The number of hydrogen-bond donors (Lipinski definition) is 0. The number of amides is 3. The molecule has 0 saturated carbocycles. The average Bonchev–Trinajstić information content (AvgIpc) is 2.73. The predicted octanol–water partition coefficient (Wildman–Crippen LogP) is 4.06. The lowest BCUT2D eigenvalue weighted by Crippen LogP contribution is -2.46. The summed E-state index contributed by atoms with van der Waals surface area (Å²) in [6.45, 7) is 0.343. The first-order valence-electron chi connectivity index (χ1n) is 7.54. The Bertz CT molecular complexity index is 694. The van der Waals surface area contributed by atoms with Crippen LogP contribution in [0.15, 0.2) is 24.3 Å². The largest absolute Gasteiger partial charge is 0.416 e. The minimum atomic E-state index is -4.60. The molecule has 0 N–H and O–H groups in total. The van der Waals surface area contributed by atoms with Gasteiger partial charge >= 0.3 is 18.4 Å². The van der Waals surface area contributed by atoms with Gasteiger partial charge in [-0.1, -0.05) is 12.1 Å².